The highest BCUT2D eigenvalue weighted by molar-refractivity contribution is 6.30. The normalized spacial score (nSPS) is 11.4. The number of ether oxygens (including phenoxy) is 1. The van der Waals surface area contributed by atoms with Crippen molar-refractivity contribution in [2.45, 2.75) is 26.8 Å². The van der Waals surface area contributed by atoms with E-state index in [9.17, 15) is 0 Å². The Bertz CT molecular complexity index is 699. The van der Waals surface area contributed by atoms with E-state index in [1.165, 1.54) is 5.69 Å². The molecule has 1 heterocycles. The van der Waals surface area contributed by atoms with Crippen molar-refractivity contribution >= 4 is 17.6 Å². The van der Waals surface area contributed by atoms with E-state index in [0.29, 0.717) is 18.2 Å². The van der Waals surface area contributed by atoms with Crippen molar-refractivity contribution in [3.63, 3.8) is 0 Å². The standard InChI is InChI=1S/C18H26ClN5O/c1-14-12-15(2)24(23-14)10-5-8-21-18(20-3)22-9-11-25-17-7-4-6-16(19)13-17/h4,6-7,12-13H,5,8-11H2,1-3H3,(H2,20,21,22). The number of hydrogen-bond acceptors (Lipinski definition) is 3. The molecule has 7 heteroatoms. The topological polar surface area (TPSA) is 63.5 Å². The van der Waals surface area contributed by atoms with E-state index >= 15 is 0 Å². The van der Waals surface area contributed by atoms with Gasteiger partial charge in [0.2, 0.25) is 0 Å². The van der Waals surface area contributed by atoms with Gasteiger partial charge in [-0.25, -0.2) is 0 Å². The molecule has 0 aliphatic rings. The Kier molecular flexibility index (Phi) is 7.60. The summed E-state index contributed by atoms with van der Waals surface area (Å²) in [4.78, 5) is 4.21. The van der Waals surface area contributed by atoms with Crippen LogP contribution in [0.5, 0.6) is 5.75 Å². The number of nitrogens with zero attached hydrogens (tertiary/aromatic N) is 3. The Balaban J connectivity index is 1.61. The quantitative estimate of drug-likeness (QED) is 0.430. The molecule has 2 N–H and O–H groups in total. The largest absolute Gasteiger partial charge is 0.492 e. The van der Waals surface area contributed by atoms with Gasteiger partial charge in [-0.15, -0.1) is 0 Å². The van der Waals surface area contributed by atoms with E-state index < -0.39 is 0 Å². The molecule has 0 saturated carbocycles. The summed E-state index contributed by atoms with van der Waals surface area (Å²) >= 11 is 5.93. The molecule has 136 valence electrons. The zero-order chi connectivity index (χ0) is 18.1. The molecule has 0 fully saturated rings. The van der Waals surface area contributed by atoms with E-state index in [0.717, 1.165) is 36.9 Å². The lowest BCUT2D eigenvalue weighted by Crippen LogP contribution is -2.39. The van der Waals surface area contributed by atoms with Crippen molar-refractivity contribution in [1.29, 1.82) is 0 Å². The molecule has 0 amide bonds. The van der Waals surface area contributed by atoms with Crippen LogP contribution in [0.25, 0.3) is 0 Å². The highest BCUT2D eigenvalue weighted by atomic mass is 35.5. The van der Waals surface area contributed by atoms with Crippen LogP contribution in [-0.2, 0) is 6.54 Å². The molecule has 0 atom stereocenters. The molecule has 1 aromatic heterocycles. The van der Waals surface area contributed by atoms with Crippen molar-refractivity contribution in [2.75, 3.05) is 26.7 Å². The average Bonchev–Trinajstić information content (AvgIpc) is 2.91. The van der Waals surface area contributed by atoms with Gasteiger partial charge in [-0.1, -0.05) is 17.7 Å². The van der Waals surface area contributed by atoms with E-state index in [2.05, 4.69) is 33.7 Å². The number of rotatable bonds is 8. The van der Waals surface area contributed by atoms with Crippen molar-refractivity contribution in [2.24, 2.45) is 4.99 Å². The maximum Gasteiger partial charge on any atom is 0.191 e. The first kappa shape index (κ1) is 19.1. The summed E-state index contributed by atoms with van der Waals surface area (Å²) < 4.78 is 7.67. The van der Waals surface area contributed by atoms with Gasteiger partial charge in [-0.2, -0.15) is 5.10 Å². The minimum atomic E-state index is 0.535. The first-order chi connectivity index (χ1) is 12.1. The van der Waals surface area contributed by atoms with E-state index in [-0.39, 0.29) is 0 Å². The van der Waals surface area contributed by atoms with Crippen LogP contribution in [0.4, 0.5) is 0 Å². The van der Waals surface area contributed by atoms with Crippen molar-refractivity contribution in [3.8, 4) is 5.75 Å². The number of halogens is 1. The van der Waals surface area contributed by atoms with Gasteiger partial charge in [0.25, 0.3) is 0 Å². The van der Waals surface area contributed by atoms with Gasteiger partial charge in [-0.3, -0.25) is 9.67 Å². The van der Waals surface area contributed by atoms with Crippen molar-refractivity contribution < 1.29 is 4.74 Å². The van der Waals surface area contributed by atoms with Crippen LogP contribution < -0.4 is 15.4 Å². The summed E-state index contributed by atoms with van der Waals surface area (Å²) in [7, 11) is 1.76. The van der Waals surface area contributed by atoms with Crippen LogP contribution in [0.2, 0.25) is 5.02 Å². The third-order valence-electron chi connectivity index (χ3n) is 3.63. The zero-order valence-electron chi connectivity index (χ0n) is 15.1. The smallest absolute Gasteiger partial charge is 0.191 e. The van der Waals surface area contributed by atoms with Crippen LogP contribution >= 0.6 is 11.6 Å². The molecular weight excluding hydrogens is 338 g/mol. The number of benzene rings is 1. The van der Waals surface area contributed by atoms with Gasteiger partial charge in [0.15, 0.2) is 5.96 Å². The minimum Gasteiger partial charge on any atom is -0.492 e. The van der Waals surface area contributed by atoms with Crippen LogP contribution in [0.3, 0.4) is 0 Å². The molecule has 0 aliphatic heterocycles. The van der Waals surface area contributed by atoms with Gasteiger partial charge in [-0.05, 0) is 44.5 Å². The Morgan fingerprint density at radius 2 is 2.04 bits per heavy atom. The predicted octanol–water partition coefficient (Wildman–Crippen LogP) is 2.79. The molecule has 0 bridgehead atoms. The molecule has 1 aromatic carbocycles. The van der Waals surface area contributed by atoms with Gasteiger partial charge in [0, 0.05) is 30.9 Å². The maximum absolute atomic E-state index is 5.93. The molecule has 0 spiro atoms. The molecule has 0 aliphatic carbocycles. The number of hydrogen-bond donors (Lipinski definition) is 2. The van der Waals surface area contributed by atoms with Crippen LogP contribution in [0.15, 0.2) is 35.3 Å². The first-order valence-electron chi connectivity index (χ1n) is 8.42. The highest BCUT2D eigenvalue weighted by Gasteiger charge is 2.01. The summed E-state index contributed by atoms with van der Waals surface area (Å²) in [5, 5.41) is 11.7. The van der Waals surface area contributed by atoms with Crippen LogP contribution in [-0.4, -0.2) is 42.5 Å². The lowest BCUT2D eigenvalue weighted by Gasteiger charge is -2.13. The molecule has 25 heavy (non-hydrogen) atoms. The molecular formula is C18H26ClN5O. The van der Waals surface area contributed by atoms with Crippen LogP contribution in [0, 0.1) is 13.8 Å². The Morgan fingerprint density at radius 3 is 2.72 bits per heavy atom. The molecule has 6 nitrogen and oxygen atoms in total. The second-order valence-electron chi connectivity index (χ2n) is 5.74. The lowest BCUT2D eigenvalue weighted by atomic mass is 10.3. The average molecular weight is 364 g/mol. The first-order valence-corrected chi connectivity index (χ1v) is 8.80. The zero-order valence-corrected chi connectivity index (χ0v) is 15.8. The summed E-state index contributed by atoms with van der Waals surface area (Å²) in [6.07, 6.45) is 0.974. The predicted molar refractivity (Wildman–Crippen MR) is 103 cm³/mol. The molecule has 0 saturated heterocycles. The summed E-state index contributed by atoms with van der Waals surface area (Å²) in [6, 6.07) is 9.47. The van der Waals surface area contributed by atoms with E-state index in [1.54, 1.807) is 13.1 Å². The number of aromatic nitrogens is 2. The monoisotopic (exact) mass is 363 g/mol. The number of aryl methyl sites for hydroxylation is 3. The molecule has 0 unspecified atom stereocenters. The fourth-order valence-electron chi connectivity index (χ4n) is 2.45. The fraction of sp³-hybridized carbons (Fsp3) is 0.444. The maximum atomic E-state index is 5.93. The summed E-state index contributed by atoms with van der Waals surface area (Å²) in [6.45, 7) is 7.00. The summed E-state index contributed by atoms with van der Waals surface area (Å²) in [5.41, 5.74) is 2.25. The van der Waals surface area contributed by atoms with Gasteiger partial charge in [0.1, 0.15) is 12.4 Å². The third kappa shape index (κ3) is 6.66. The number of guanidine groups is 1. The van der Waals surface area contributed by atoms with E-state index in [1.807, 2.05) is 29.8 Å². The van der Waals surface area contributed by atoms with E-state index in [4.69, 9.17) is 16.3 Å². The third-order valence-corrected chi connectivity index (χ3v) is 3.86. The lowest BCUT2D eigenvalue weighted by molar-refractivity contribution is 0.322. The van der Waals surface area contributed by atoms with Gasteiger partial charge < -0.3 is 15.4 Å². The number of aliphatic imine (C=N–C) groups is 1. The van der Waals surface area contributed by atoms with Crippen molar-refractivity contribution in [1.82, 2.24) is 20.4 Å². The second kappa shape index (κ2) is 9.93. The molecule has 2 rings (SSSR count). The highest BCUT2D eigenvalue weighted by Crippen LogP contribution is 2.16. The fourth-order valence-corrected chi connectivity index (χ4v) is 2.63. The van der Waals surface area contributed by atoms with Gasteiger partial charge >= 0.3 is 0 Å². The van der Waals surface area contributed by atoms with Crippen LogP contribution in [0.1, 0.15) is 17.8 Å². The minimum absolute atomic E-state index is 0.535. The Labute approximate surface area is 154 Å². The van der Waals surface area contributed by atoms with Crippen molar-refractivity contribution in [3.05, 3.63) is 46.7 Å². The summed E-state index contributed by atoms with van der Waals surface area (Å²) in [5.74, 6) is 1.53. The number of nitrogens with one attached hydrogen (secondary N) is 2. The van der Waals surface area contributed by atoms with Gasteiger partial charge in [0.05, 0.1) is 12.2 Å². The second-order valence-corrected chi connectivity index (χ2v) is 6.17. The molecule has 0 radical (unpaired) electrons. The SMILES string of the molecule is CN=C(NCCCn1nc(C)cc1C)NCCOc1cccc(Cl)c1. The Morgan fingerprint density at radius 1 is 1.24 bits per heavy atom. The molecule has 2 aromatic rings. The Hall–Kier alpha value is -2.21.